The molecule has 3 aromatic rings. The molecule has 0 unspecified atom stereocenters. The van der Waals surface area contributed by atoms with Crippen LogP contribution in [0.2, 0.25) is 0 Å². The van der Waals surface area contributed by atoms with E-state index in [0.717, 1.165) is 33.2 Å². The monoisotopic (exact) mass is 314 g/mol. The van der Waals surface area contributed by atoms with Gasteiger partial charge in [-0.3, -0.25) is 0 Å². The first-order chi connectivity index (χ1) is 10.6. The number of fused-ring (bicyclic) bond motifs is 1. The fourth-order valence-corrected chi connectivity index (χ4v) is 3.56. The van der Waals surface area contributed by atoms with E-state index in [-0.39, 0.29) is 12.6 Å². The Balaban J connectivity index is 1.74. The standard InChI is InChI=1S/C17H18N2O2S/c1-4-19-11(2)9-13(12(19)3)17(20)21-10-16-18-14-7-5-6-8-15(14)22-16/h5-9H,4,10H2,1-3H3. The van der Waals surface area contributed by atoms with Crippen molar-refractivity contribution in [1.29, 1.82) is 0 Å². The largest absolute Gasteiger partial charge is 0.455 e. The Morgan fingerprint density at radius 1 is 1.32 bits per heavy atom. The lowest BCUT2D eigenvalue weighted by Gasteiger charge is -2.06. The van der Waals surface area contributed by atoms with Crippen LogP contribution in [0.5, 0.6) is 0 Å². The Morgan fingerprint density at radius 2 is 2.09 bits per heavy atom. The Hall–Kier alpha value is -2.14. The van der Waals surface area contributed by atoms with Crippen molar-refractivity contribution in [2.24, 2.45) is 0 Å². The van der Waals surface area contributed by atoms with Crippen molar-refractivity contribution in [3.05, 3.63) is 52.3 Å². The van der Waals surface area contributed by atoms with E-state index in [9.17, 15) is 4.79 Å². The minimum Gasteiger partial charge on any atom is -0.455 e. The number of aryl methyl sites for hydroxylation is 1. The second-order valence-corrected chi connectivity index (χ2v) is 6.30. The van der Waals surface area contributed by atoms with Crippen LogP contribution in [0.15, 0.2) is 30.3 Å². The summed E-state index contributed by atoms with van der Waals surface area (Å²) >= 11 is 1.56. The average molecular weight is 314 g/mol. The lowest BCUT2D eigenvalue weighted by molar-refractivity contribution is 0.0471. The number of thiazole rings is 1. The van der Waals surface area contributed by atoms with Crippen molar-refractivity contribution in [3.8, 4) is 0 Å². The van der Waals surface area contributed by atoms with Crippen molar-refractivity contribution < 1.29 is 9.53 Å². The molecule has 0 amide bonds. The van der Waals surface area contributed by atoms with E-state index in [4.69, 9.17) is 4.74 Å². The molecule has 0 bridgehead atoms. The number of aromatic nitrogens is 2. The maximum Gasteiger partial charge on any atom is 0.340 e. The summed E-state index contributed by atoms with van der Waals surface area (Å²) < 4.78 is 8.65. The Labute approximate surface area is 133 Å². The van der Waals surface area contributed by atoms with Gasteiger partial charge in [0.25, 0.3) is 0 Å². The molecule has 0 saturated heterocycles. The molecule has 0 fully saturated rings. The highest BCUT2D eigenvalue weighted by Gasteiger charge is 2.17. The van der Waals surface area contributed by atoms with Gasteiger partial charge in [0.2, 0.25) is 0 Å². The van der Waals surface area contributed by atoms with Crippen LogP contribution in [0.3, 0.4) is 0 Å². The average Bonchev–Trinajstić information content (AvgIpc) is 3.05. The number of carbonyl (C=O) groups excluding carboxylic acids is 1. The van der Waals surface area contributed by atoms with E-state index >= 15 is 0 Å². The molecule has 22 heavy (non-hydrogen) atoms. The molecule has 0 aliphatic heterocycles. The zero-order chi connectivity index (χ0) is 15.7. The van der Waals surface area contributed by atoms with Crippen LogP contribution in [0.1, 0.15) is 33.7 Å². The highest BCUT2D eigenvalue weighted by molar-refractivity contribution is 7.18. The van der Waals surface area contributed by atoms with Gasteiger partial charge in [-0.2, -0.15) is 0 Å². The number of esters is 1. The number of ether oxygens (including phenoxy) is 1. The van der Waals surface area contributed by atoms with E-state index in [1.165, 1.54) is 0 Å². The fourth-order valence-electron chi connectivity index (χ4n) is 2.68. The maximum atomic E-state index is 12.3. The van der Waals surface area contributed by atoms with Crippen LogP contribution in [0.25, 0.3) is 10.2 Å². The van der Waals surface area contributed by atoms with Crippen LogP contribution in [0.4, 0.5) is 0 Å². The Morgan fingerprint density at radius 3 is 2.77 bits per heavy atom. The third-order valence-electron chi connectivity index (χ3n) is 3.77. The summed E-state index contributed by atoms with van der Waals surface area (Å²) in [4.78, 5) is 16.8. The van der Waals surface area contributed by atoms with Gasteiger partial charge in [0, 0.05) is 17.9 Å². The third kappa shape index (κ3) is 2.64. The summed E-state index contributed by atoms with van der Waals surface area (Å²) in [7, 11) is 0. The van der Waals surface area contributed by atoms with E-state index < -0.39 is 0 Å². The lowest BCUT2D eigenvalue weighted by Crippen LogP contribution is -2.07. The summed E-state index contributed by atoms with van der Waals surface area (Å²) in [5.74, 6) is -0.285. The van der Waals surface area contributed by atoms with Gasteiger partial charge in [0.05, 0.1) is 15.8 Å². The Bertz CT molecular complexity index is 799. The maximum absolute atomic E-state index is 12.3. The molecule has 0 aliphatic carbocycles. The number of rotatable bonds is 4. The van der Waals surface area contributed by atoms with Crippen molar-refractivity contribution in [2.75, 3.05) is 0 Å². The molecule has 0 radical (unpaired) electrons. The molecular weight excluding hydrogens is 296 g/mol. The molecule has 0 atom stereocenters. The minimum absolute atomic E-state index is 0.216. The molecule has 2 aromatic heterocycles. The summed E-state index contributed by atoms with van der Waals surface area (Å²) in [5.41, 5.74) is 3.62. The lowest BCUT2D eigenvalue weighted by atomic mass is 10.2. The molecule has 3 rings (SSSR count). The topological polar surface area (TPSA) is 44.1 Å². The molecule has 0 aliphatic rings. The van der Waals surface area contributed by atoms with Crippen LogP contribution in [-0.2, 0) is 17.9 Å². The number of hydrogen-bond donors (Lipinski definition) is 0. The number of nitrogens with zero attached hydrogens (tertiary/aromatic N) is 2. The van der Waals surface area contributed by atoms with Gasteiger partial charge in [-0.1, -0.05) is 12.1 Å². The van der Waals surface area contributed by atoms with Gasteiger partial charge in [0.1, 0.15) is 11.6 Å². The predicted molar refractivity (Wildman–Crippen MR) is 88.3 cm³/mol. The predicted octanol–water partition coefficient (Wildman–Crippen LogP) is 4.09. The zero-order valence-electron chi connectivity index (χ0n) is 12.9. The molecule has 2 heterocycles. The second kappa shape index (κ2) is 5.93. The first-order valence-corrected chi connectivity index (χ1v) is 8.10. The van der Waals surface area contributed by atoms with Crippen LogP contribution < -0.4 is 0 Å². The van der Waals surface area contributed by atoms with Crippen LogP contribution in [0, 0.1) is 13.8 Å². The van der Waals surface area contributed by atoms with Crippen molar-refractivity contribution in [2.45, 2.75) is 33.9 Å². The molecule has 114 valence electrons. The third-order valence-corrected chi connectivity index (χ3v) is 4.78. The zero-order valence-corrected chi connectivity index (χ0v) is 13.7. The van der Waals surface area contributed by atoms with E-state index in [1.807, 2.05) is 44.2 Å². The smallest absolute Gasteiger partial charge is 0.340 e. The molecule has 0 saturated carbocycles. The highest BCUT2D eigenvalue weighted by atomic mass is 32.1. The summed E-state index contributed by atoms with van der Waals surface area (Å²) in [5, 5.41) is 0.818. The van der Waals surface area contributed by atoms with Crippen molar-refractivity contribution in [3.63, 3.8) is 0 Å². The quantitative estimate of drug-likeness (QED) is 0.681. The Kier molecular flexibility index (Phi) is 3.98. The molecule has 0 spiro atoms. The van der Waals surface area contributed by atoms with Gasteiger partial charge in [-0.15, -0.1) is 11.3 Å². The number of carbonyl (C=O) groups is 1. The van der Waals surface area contributed by atoms with Crippen LogP contribution in [-0.4, -0.2) is 15.5 Å². The minimum atomic E-state index is -0.285. The summed E-state index contributed by atoms with van der Waals surface area (Å²) in [6.07, 6.45) is 0. The normalized spacial score (nSPS) is 11.0. The van der Waals surface area contributed by atoms with E-state index in [1.54, 1.807) is 11.3 Å². The first kappa shape index (κ1) is 14.8. The van der Waals surface area contributed by atoms with Crippen molar-refractivity contribution in [1.82, 2.24) is 9.55 Å². The van der Waals surface area contributed by atoms with Crippen molar-refractivity contribution >= 4 is 27.5 Å². The van der Waals surface area contributed by atoms with Gasteiger partial charge >= 0.3 is 5.97 Å². The SMILES string of the molecule is CCn1c(C)cc(C(=O)OCc2nc3ccccc3s2)c1C. The number of hydrogen-bond acceptors (Lipinski definition) is 4. The summed E-state index contributed by atoms with van der Waals surface area (Å²) in [6, 6.07) is 9.81. The van der Waals surface area contributed by atoms with E-state index in [0.29, 0.717) is 5.56 Å². The summed E-state index contributed by atoms with van der Waals surface area (Å²) in [6.45, 7) is 7.08. The van der Waals surface area contributed by atoms with E-state index in [2.05, 4.69) is 16.5 Å². The van der Waals surface area contributed by atoms with Gasteiger partial charge in [-0.25, -0.2) is 9.78 Å². The molecule has 1 aromatic carbocycles. The van der Waals surface area contributed by atoms with Gasteiger partial charge in [-0.05, 0) is 39.0 Å². The van der Waals surface area contributed by atoms with Gasteiger partial charge < -0.3 is 9.30 Å². The van der Waals surface area contributed by atoms with Crippen LogP contribution >= 0.6 is 11.3 Å². The highest BCUT2D eigenvalue weighted by Crippen LogP contribution is 2.23. The van der Waals surface area contributed by atoms with Gasteiger partial charge in [0.15, 0.2) is 0 Å². The fraction of sp³-hybridized carbons (Fsp3) is 0.294. The second-order valence-electron chi connectivity index (χ2n) is 5.18. The molecular formula is C17H18N2O2S. The first-order valence-electron chi connectivity index (χ1n) is 7.28. The molecule has 4 nitrogen and oxygen atoms in total. The molecule has 5 heteroatoms. The number of para-hydroxylation sites is 1. The molecule has 0 N–H and O–H groups in total. The number of benzene rings is 1.